The summed E-state index contributed by atoms with van der Waals surface area (Å²) in [5.41, 5.74) is 0.716. The van der Waals surface area contributed by atoms with Crippen LogP contribution in [0.5, 0.6) is 0 Å². The van der Waals surface area contributed by atoms with E-state index in [0.717, 1.165) is 0 Å². The van der Waals surface area contributed by atoms with Gasteiger partial charge < -0.3 is 15.6 Å². The van der Waals surface area contributed by atoms with Crippen LogP contribution in [0.3, 0.4) is 0 Å². The molecule has 68 valence electrons. The van der Waals surface area contributed by atoms with Crippen molar-refractivity contribution in [3.8, 4) is 12.3 Å². The normalized spacial score (nSPS) is 11.0. The van der Waals surface area contributed by atoms with Crippen molar-refractivity contribution in [2.45, 2.75) is 13.2 Å². The number of hydrogen-bond acceptors (Lipinski definition) is 3. The Labute approximate surface area is 84.6 Å². The van der Waals surface area contributed by atoms with Crippen molar-refractivity contribution in [2.24, 2.45) is 4.90 Å². The third kappa shape index (κ3) is 7.22. The molecule has 3 nitrogen and oxygen atoms in total. The monoisotopic (exact) mass is 193 g/mol. The maximum Gasteiger partial charge on any atom is 0.338 e. The van der Waals surface area contributed by atoms with Crippen LogP contribution >= 0.6 is 12.5 Å². The number of rotatable bonds is 5. The van der Waals surface area contributed by atoms with Crippen LogP contribution in [-0.4, -0.2) is 18.7 Å². The molecule has 0 bridgehead atoms. The van der Waals surface area contributed by atoms with Gasteiger partial charge in [0.1, 0.15) is 0 Å². The Morgan fingerprint density at radius 1 is 1.85 bits per heavy atom. The molecule has 0 aromatic rings. The van der Waals surface area contributed by atoms with Gasteiger partial charge in [-0.05, 0) is 0 Å². The first-order valence-corrected chi connectivity index (χ1v) is 4.32. The second-order valence-corrected chi connectivity index (χ2v) is 3.05. The van der Waals surface area contributed by atoms with Crippen LogP contribution in [0.1, 0.15) is 6.42 Å². The molecule has 13 heavy (non-hydrogen) atoms. The number of thiol groups is 1. The molecular weight excluding hydrogens is 181 g/mol. The van der Waals surface area contributed by atoms with E-state index in [-0.39, 0.29) is 6.13 Å². The van der Waals surface area contributed by atoms with Gasteiger partial charge in [-0.1, -0.05) is 12.7 Å². The van der Waals surface area contributed by atoms with Crippen LogP contribution in [0, 0.1) is 17.8 Å². The van der Waals surface area contributed by atoms with E-state index in [4.69, 9.17) is 11.8 Å². The van der Waals surface area contributed by atoms with Gasteiger partial charge in [-0.2, -0.15) is 12.5 Å². The third-order valence-corrected chi connectivity index (χ3v) is 1.26. The molecule has 0 saturated heterocycles. The van der Waals surface area contributed by atoms with Gasteiger partial charge in [-0.15, -0.1) is 6.42 Å². The summed E-state index contributed by atoms with van der Waals surface area (Å²) in [6.45, 7) is 1.85. The summed E-state index contributed by atoms with van der Waals surface area (Å²) in [6.07, 6.45) is 10.0. The van der Waals surface area contributed by atoms with Crippen molar-refractivity contribution < 1.29 is 0 Å². The van der Waals surface area contributed by atoms with Gasteiger partial charge in [-0.3, -0.25) is 0 Å². The molecule has 0 amide bonds. The Bertz CT molecular complexity index is 253. The first-order valence-electron chi connectivity index (χ1n) is 3.81. The number of terminal acetylenes is 1. The Kier molecular flexibility index (Phi) is 6.84. The molecule has 2 N–H and O–H groups in total. The number of hydrogen-bond donors (Lipinski definition) is 3. The minimum absolute atomic E-state index is 0.0297. The van der Waals surface area contributed by atoms with Gasteiger partial charge >= 0.3 is 6.13 Å². The summed E-state index contributed by atoms with van der Waals surface area (Å²) in [5, 5.41) is 9.65. The first-order chi connectivity index (χ1) is 6.20. The zero-order valence-electron chi connectivity index (χ0n) is 7.49. The average Bonchev–Trinajstić information content (AvgIpc) is 2.10. The Morgan fingerprint density at radius 2 is 2.54 bits per heavy atom. The van der Waals surface area contributed by atoms with Crippen LogP contribution in [-0.2, 0) is 0 Å². The predicted octanol–water partition coefficient (Wildman–Crippen LogP) is 1.21. The van der Waals surface area contributed by atoms with E-state index in [1.165, 1.54) is 12.6 Å². The lowest BCUT2D eigenvalue weighted by molar-refractivity contribution is 1.24. The van der Waals surface area contributed by atoms with E-state index in [9.17, 15) is 0 Å². The van der Waals surface area contributed by atoms with Crippen molar-refractivity contribution in [1.29, 1.82) is 5.41 Å². The molecule has 0 aromatic carbocycles. The van der Waals surface area contributed by atoms with Gasteiger partial charge in [0.15, 0.2) is 0 Å². The minimum atomic E-state index is -0.0297. The molecule has 0 atom stereocenters. The summed E-state index contributed by atoms with van der Waals surface area (Å²) < 4.78 is 0. The molecule has 0 unspecified atom stereocenters. The van der Waals surface area contributed by atoms with Crippen molar-refractivity contribution in [3.05, 3.63) is 11.8 Å². The zero-order chi connectivity index (χ0) is 10.1. The van der Waals surface area contributed by atoms with Crippen LogP contribution in [0.15, 0.2) is 16.7 Å². The van der Waals surface area contributed by atoms with Gasteiger partial charge in [0.25, 0.3) is 0 Å². The second kappa shape index (κ2) is 7.50. The zero-order valence-corrected chi connectivity index (χ0v) is 8.38. The lowest BCUT2D eigenvalue weighted by Crippen LogP contribution is -2.05. The quantitative estimate of drug-likeness (QED) is 0.198. The van der Waals surface area contributed by atoms with Crippen LogP contribution in [0.2, 0.25) is 6.82 Å². The molecule has 0 aliphatic rings. The molecule has 5 heteroatoms. The highest BCUT2D eigenvalue weighted by atomic mass is 32.1. The van der Waals surface area contributed by atoms with E-state index in [1.54, 1.807) is 6.20 Å². The maximum atomic E-state index is 6.85. The standard InChI is InChI=1S/C8H12BN3S/c1-3-8(4-5-10)6-11-7-12-9(2)13/h1,5-7,10,13H,4H2,2H3,(H,11,12)/b8-6-,10-5?. The Hall–Kier alpha value is -1.15. The van der Waals surface area contributed by atoms with Crippen LogP contribution in [0.4, 0.5) is 0 Å². The Balaban J connectivity index is 3.94. The molecule has 0 aromatic heterocycles. The summed E-state index contributed by atoms with van der Waals surface area (Å²) in [6, 6.07) is 0. The fourth-order valence-electron chi connectivity index (χ4n) is 0.558. The molecule has 0 radical (unpaired) electrons. The first kappa shape index (κ1) is 11.9. The molecule has 0 spiro atoms. The molecule has 0 aliphatic heterocycles. The van der Waals surface area contributed by atoms with E-state index < -0.39 is 0 Å². The SMILES string of the molecule is C#C/C(=C/NC=NB(C)S)CC=N. The molecule has 0 saturated carbocycles. The maximum absolute atomic E-state index is 6.85. The molecule has 0 aliphatic carbocycles. The fourth-order valence-corrected chi connectivity index (χ4v) is 0.625. The van der Waals surface area contributed by atoms with E-state index in [2.05, 4.69) is 28.6 Å². The van der Waals surface area contributed by atoms with Crippen molar-refractivity contribution in [1.82, 2.24) is 5.32 Å². The topological polar surface area (TPSA) is 48.2 Å². The molecular formula is C8H12BN3S. The van der Waals surface area contributed by atoms with Crippen molar-refractivity contribution in [3.63, 3.8) is 0 Å². The van der Waals surface area contributed by atoms with Crippen molar-refractivity contribution in [2.75, 3.05) is 0 Å². The van der Waals surface area contributed by atoms with Gasteiger partial charge in [0, 0.05) is 24.4 Å². The fraction of sp³-hybridized carbons (Fsp3) is 0.250. The predicted molar refractivity (Wildman–Crippen MR) is 62.5 cm³/mol. The largest absolute Gasteiger partial charge is 0.353 e. The van der Waals surface area contributed by atoms with Crippen LogP contribution < -0.4 is 5.32 Å². The Morgan fingerprint density at radius 3 is 3.00 bits per heavy atom. The summed E-state index contributed by atoms with van der Waals surface area (Å²) in [7, 11) is 0. The van der Waals surface area contributed by atoms with E-state index >= 15 is 0 Å². The summed E-state index contributed by atoms with van der Waals surface area (Å²) in [5.74, 6) is 2.46. The number of nitrogens with zero attached hydrogens (tertiary/aromatic N) is 1. The molecule has 0 fully saturated rings. The highest BCUT2D eigenvalue weighted by Gasteiger charge is 1.91. The second-order valence-electron chi connectivity index (χ2n) is 2.30. The highest BCUT2D eigenvalue weighted by molar-refractivity contribution is 8.10. The molecule has 0 heterocycles. The van der Waals surface area contributed by atoms with Gasteiger partial charge in [-0.25, -0.2) is 0 Å². The smallest absolute Gasteiger partial charge is 0.338 e. The highest BCUT2D eigenvalue weighted by Crippen LogP contribution is 1.93. The van der Waals surface area contributed by atoms with Crippen LogP contribution in [0.25, 0.3) is 0 Å². The lowest BCUT2D eigenvalue weighted by atomic mass is 10.0. The number of allylic oxidation sites excluding steroid dienone is 1. The lowest BCUT2D eigenvalue weighted by Gasteiger charge is -1.94. The van der Waals surface area contributed by atoms with Crippen molar-refractivity contribution >= 4 is 31.2 Å². The summed E-state index contributed by atoms with van der Waals surface area (Å²) in [4.78, 5) is 3.95. The molecule has 0 rings (SSSR count). The van der Waals surface area contributed by atoms with E-state index in [1.807, 2.05) is 6.82 Å². The third-order valence-electron chi connectivity index (χ3n) is 1.13. The van der Waals surface area contributed by atoms with Gasteiger partial charge in [0.05, 0.1) is 6.34 Å². The van der Waals surface area contributed by atoms with Gasteiger partial charge in [0.2, 0.25) is 0 Å². The average molecular weight is 193 g/mol. The minimum Gasteiger partial charge on any atom is -0.353 e. The summed E-state index contributed by atoms with van der Waals surface area (Å²) >= 11 is 4.05. The van der Waals surface area contributed by atoms with E-state index in [0.29, 0.717) is 12.0 Å². The number of nitrogens with one attached hydrogen (secondary N) is 2.